The minimum atomic E-state index is -0.634. The van der Waals surface area contributed by atoms with Crippen LogP contribution in [0.1, 0.15) is 72.2 Å². The fourth-order valence-electron chi connectivity index (χ4n) is 7.38. The summed E-state index contributed by atoms with van der Waals surface area (Å²) in [5.74, 6) is 0.889. The highest BCUT2D eigenvalue weighted by Gasteiger charge is 2.48. The quantitative estimate of drug-likeness (QED) is 0.363. The summed E-state index contributed by atoms with van der Waals surface area (Å²) < 4.78 is 21.8. The van der Waals surface area contributed by atoms with Crippen molar-refractivity contribution in [3.63, 3.8) is 0 Å². The van der Waals surface area contributed by atoms with E-state index in [1.165, 1.54) is 6.07 Å². The number of hydrogen-bond acceptors (Lipinski definition) is 10. The Hall–Kier alpha value is -4.01. The molecule has 1 aliphatic heterocycles. The second-order valence-corrected chi connectivity index (χ2v) is 13.3. The van der Waals surface area contributed by atoms with Crippen LogP contribution in [0.4, 0.5) is 21.7 Å². The summed E-state index contributed by atoms with van der Waals surface area (Å²) in [5.41, 5.74) is 16.5. The van der Waals surface area contributed by atoms with Crippen LogP contribution in [0.15, 0.2) is 24.4 Å². The molecule has 3 heterocycles. The molecule has 2 atom stereocenters. The lowest BCUT2D eigenvalue weighted by atomic mass is 9.68. The number of ether oxygens (including phenoxy) is 1. The minimum absolute atomic E-state index is 0.104. The Morgan fingerprint density at radius 1 is 1.18 bits per heavy atom. The number of nitrogens with two attached hydrogens (primary N) is 2. The zero-order valence-electron chi connectivity index (χ0n) is 26.3. The van der Waals surface area contributed by atoms with E-state index in [4.69, 9.17) is 26.2 Å². The summed E-state index contributed by atoms with van der Waals surface area (Å²) >= 11 is 0. The summed E-state index contributed by atoms with van der Waals surface area (Å²) in [7, 11) is 8.20. The van der Waals surface area contributed by atoms with Crippen molar-refractivity contribution in [2.45, 2.75) is 63.6 Å². The number of rotatable bonds is 8. The highest BCUT2D eigenvalue weighted by molar-refractivity contribution is 5.64. The first-order chi connectivity index (χ1) is 21.0. The van der Waals surface area contributed by atoms with E-state index in [1.807, 2.05) is 26.2 Å². The van der Waals surface area contributed by atoms with Crippen LogP contribution in [-0.4, -0.2) is 66.1 Å². The van der Waals surface area contributed by atoms with Crippen LogP contribution in [0, 0.1) is 22.6 Å². The summed E-state index contributed by atoms with van der Waals surface area (Å²) in [5, 5.41) is 10.2. The number of aromatic nitrogens is 3. The zero-order chi connectivity index (χ0) is 31.4. The van der Waals surface area contributed by atoms with Gasteiger partial charge in [0, 0.05) is 49.3 Å². The largest absolute Gasteiger partial charge is 0.463 e. The van der Waals surface area contributed by atoms with Crippen molar-refractivity contribution >= 4 is 17.3 Å². The molecule has 1 aromatic carbocycles. The number of benzene rings is 1. The van der Waals surface area contributed by atoms with Crippen molar-refractivity contribution in [2.24, 2.45) is 5.41 Å². The molecule has 2 aliphatic carbocycles. The fourth-order valence-corrected chi connectivity index (χ4v) is 7.38. The first-order valence-corrected chi connectivity index (χ1v) is 15.3. The lowest BCUT2D eigenvalue weighted by molar-refractivity contribution is 0.0712. The second-order valence-electron chi connectivity index (χ2n) is 13.3. The van der Waals surface area contributed by atoms with Crippen molar-refractivity contribution in [3.8, 4) is 12.1 Å². The molecule has 2 aromatic heterocycles. The number of hydrogen-bond donors (Lipinski definition) is 2. The molecule has 0 unspecified atom stereocenters. The lowest BCUT2D eigenvalue weighted by Crippen LogP contribution is -2.51. The van der Waals surface area contributed by atoms with Crippen LogP contribution in [0.3, 0.4) is 0 Å². The summed E-state index contributed by atoms with van der Waals surface area (Å²) in [6.07, 6.45) is 6.51. The Labute approximate surface area is 258 Å². The smallest absolute Gasteiger partial charge is 0.318 e. The van der Waals surface area contributed by atoms with Gasteiger partial charge < -0.3 is 26.0 Å². The second kappa shape index (κ2) is 11.2. The van der Waals surface area contributed by atoms with Gasteiger partial charge in [-0.1, -0.05) is 6.07 Å². The first kappa shape index (κ1) is 30.0. The van der Waals surface area contributed by atoms with Gasteiger partial charge in [0.2, 0.25) is 0 Å². The highest BCUT2D eigenvalue weighted by Crippen LogP contribution is 2.50. The van der Waals surface area contributed by atoms with Gasteiger partial charge in [-0.3, -0.25) is 4.90 Å². The van der Waals surface area contributed by atoms with Gasteiger partial charge in [0.1, 0.15) is 23.5 Å². The average Bonchev–Trinajstić information content (AvgIpc) is 3.75. The number of halogens is 1. The molecule has 0 bridgehead atoms. The lowest BCUT2D eigenvalue weighted by Gasteiger charge is -2.50. The molecule has 232 valence electrons. The van der Waals surface area contributed by atoms with E-state index in [0.29, 0.717) is 54.5 Å². The third kappa shape index (κ3) is 5.10. The molecule has 0 saturated heterocycles. The van der Waals surface area contributed by atoms with Crippen LogP contribution in [0.5, 0.6) is 6.01 Å². The van der Waals surface area contributed by atoms with Gasteiger partial charge in [0.15, 0.2) is 0 Å². The molecular weight excluding hydrogens is 557 g/mol. The predicted molar refractivity (Wildman–Crippen MR) is 169 cm³/mol. The van der Waals surface area contributed by atoms with Gasteiger partial charge in [-0.25, -0.2) is 9.37 Å². The number of anilines is 3. The van der Waals surface area contributed by atoms with Gasteiger partial charge >= 0.3 is 6.01 Å². The van der Waals surface area contributed by atoms with E-state index >= 15 is 4.39 Å². The standard InChI is InChI=1S/C33H42FN9O/c1-20(21-9-7-13-38-29(21)37)43(5)30-24-17-42(4)33(10-6-8-22-25(34)14-26(36)23(16-35)28(22)33)15-27(24)39-31(40-30)44-19-32(11-12-32)18-41(2)3/h7,9,13-14,20H,6,8,10-12,15,17-19,36H2,1-5H3,(H2,37,38)/t20-,33-/m1/s1. The number of fused-ring (bicyclic) bond motifs is 3. The summed E-state index contributed by atoms with van der Waals surface area (Å²) in [6, 6.07) is 7.66. The Bertz CT molecular complexity index is 1630. The van der Waals surface area contributed by atoms with Gasteiger partial charge in [-0.05, 0) is 83.4 Å². The monoisotopic (exact) mass is 599 g/mol. The van der Waals surface area contributed by atoms with Crippen LogP contribution in [0.2, 0.25) is 0 Å². The van der Waals surface area contributed by atoms with Crippen LogP contribution in [-0.2, 0) is 24.9 Å². The number of pyridine rings is 1. The molecule has 44 heavy (non-hydrogen) atoms. The average molecular weight is 600 g/mol. The molecule has 10 nitrogen and oxygen atoms in total. The molecule has 3 aromatic rings. The van der Waals surface area contributed by atoms with Crippen molar-refractivity contribution in [3.05, 3.63) is 63.7 Å². The molecule has 4 N–H and O–H groups in total. The normalized spacial score (nSPS) is 21.0. The Kier molecular flexibility index (Phi) is 7.62. The Morgan fingerprint density at radius 2 is 1.95 bits per heavy atom. The highest BCUT2D eigenvalue weighted by atomic mass is 19.1. The van der Waals surface area contributed by atoms with E-state index in [0.717, 1.165) is 54.9 Å². The van der Waals surface area contributed by atoms with Crippen molar-refractivity contribution in [1.82, 2.24) is 24.8 Å². The molecule has 0 amide bonds. The molecule has 0 radical (unpaired) electrons. The van der Waals surface area contributed by atoms with Crippen molar-refractivity contribution in [1.29, 1.82) is 5.26 Å². The van der Waals surface area contributed by atoms with E-state index in [9.17, 15) is 5.26 Å². The van der Waals surface area contributed by atoms with Crippen LogP contribution in [0.25, 0.3) is 0 Å². The SMILES string of the molecule is C[C@H](c1cccnc1N)N(C)c1nc(OCC2(CN(C)C)CC2)nc2c1CN(C)[C@]1(CCCc3c(F)cc(N)c(C#N)c31)C2. The van der Waals surface area contributed by atoms with Gasteiger partial charge in [0.05, 0.1) is 35.1 Å². The third-order valence-corrected chi connectivity index (χ3v) is 9.99. The van der Waals surface area contributed by atoms with E-state index in [2.05, 4.69) is 46.8 Å². The number of nitrogens with zero attached hydrogens (tertiary/aromatic N) is 7. The van der Waals surface area contributed by atoms with Crippen molar-refractivity contribution < 1.29 is 9.13 Å². The number of nitrogen functional groups attached to an aromatic ring is 2. The predicted octanol–water partition coefficient (Wildman–Crippen LogP) is 4.18. The van der Waals surface area contributed by atoms with E-state index < -0.39 is 5.54 Å². The molecule has 6 rings (SSSR count). The maximum Gasteiger partial charge on any atom is 0.318 e. The third-order valence-electron chi connectivity index (χ3n) is 9.99. The van der Waals surface area contributed by atoms with Gasteiger partial charge in [-0.2, -0.15) is 15.2 Å². The molecular formula is C33H42FN9O. The Morgan fingerprint density at radius 3 is 2.64 bits per heavy atom. The fraction of sp³-hybridized carbons (Fsp3) is 0.515. The van der Waals surface area contributed by atoms with E-state index in [1.54, 1.807) is 6.20 Å². The maximum absolute atomic E-state index is 15.4. The first-order valence-electron chi connectivity index (χ1n) is 15.3. The number of nitriles is 1. The summed E-state index contributed by atoms with van der Waals surface area (Å²) in [6.45, 7) is 4.06. The number of likely N-dealkylation sites (N-methyl/N-ethyl adjacent to an activating group) is 1. The maximum atomic E-state index is 15.4. The minimum Gasteiger partial charge on any atom is -0.463 e. The van der Waals surface area contributed by atoms with Crippen molar-refractivity contribution in [2.75, 3.05) is 57.7 Å². The Balaban J connectivity index is 1.45. The zero-order valence-corrected chi connectivity index (χ0v) is 26.3. The van der Waals surface area contributed by atoms with E-state index in [-0.39, 0.29) is 23.0 Å². The van der Waals surface area contributed by atoms with Crippen LogP contribution >= 0.6 is 0 Å². The molecule has 3 aliphatic rings. The summed E-state index contributed by atoms with van der Waals surface area (Å²) in [4.78, 5) is 20.9. The molecule has 1 spiro atoms. The topological polar surface area (TPSA) is 133 Å². The molecule has 1 saturated carbocycles. The van der Waals surface area contributed by atoms with Gasteiger partial charge in [0.25, 0.3) is 0 Å². The van der Waals surface area contributed by atoms with Crippen LogP contribution < -0.4 is 21.1 Å². The molecule has 11 heteroatoms. The van der Waals surface area contributed by atoms with Gasteiger partial charge in [-0.15, -0.1) is 0 Å². The molecule has 1 fully saturated rings.